The monoisotopic (exact) mass is 348 g/mol. The molecule has 1 saturated heterocycles. The fourth-order valence-electron chi connectivity index (χ4n) is 3.64. The van der Waals surface area contributed by atoms with Crippen molar-refractivity contribution < 1.29 is 0 Å². The predicted molar refractivity (Wildman–Crippen MR) is 102 cm³/mol. The van der Waals surface area contributed by atoms with Crippen LogP contribution in [0.15, 0.2) is 43.0 Å². The number of imidazole rings is 1. The van der Waals surface area contributed by atoms with Crippen LogP contribution in [0.4, 0.5) is 5.95 Å². The first kappa shape index (κ1) is 16.7. The molecule has 4 heterocycles. The predicted octanol–water partition coefficient (Wildman–Crippen LogP) is 3.04. The van der Waals surface area contributed by atoms with Crippen LogP contribution in [-0.2, 0) is 13.5 Å². The molecule has 0 amide bonds. The van der Waals surface area contributed by atoms with E-state index >= 15 is 0 Å². The molecule has 0 N–H and O–H groups in total. The maximum absolute atomic E-state index is 4.67. The van der Waals surface area contributed by atoms with Crippen LogP contribution in [0.1, 0.15) is 24.2 Å². The molecular weight excluding hydrogens is 324 g/mol. The van der Waals surface area contributed by atoms with Gasteiger partial charge in [0, 0.05) is 38.7 Å². The van der Waals surface area contributed by atoms with E-state index in [0.29, 0.717) is 5.92 Å². The minimum atomic E-state index is 0.610. The number of hydrogen-bond acceptors (Lipinski definition) is 5. The van der Waals surface area contributed by atoms with Crippen LogP contribution in [0.5, 0.6) is 0 Å². The molecule has 3 aromatic heterocycles. The Hall–Kier alpha value is -2.76. The summed E-state index contributed by atoms with van der Waals surface area (Å²) < 4.78 is 2.07. The van der Waals surface area contributed by atoms with Gasteiger partial charge in [0.05, 0.1) is 17.6 Å². The number of hydrogen-bond donors (Lipinski definition) is 0. The van der Waals surface area contributed by atoms with Crippen molar-refractivity contribution in [1.29, 1.82) is 0 Å². The van der Waals surface area contributed by atoms with E-state index in [2.05, 4.69) is 41.5 Å². The molecule has 1 atom stereocenters. The van der Waals surface area contributed by atoms with Gasteiger partial charge in [-0.05, 0) is 49.8 Å². The van der Waals surface area contributed by atoms with Crippen LogP contribution in [0, 0.1) is 12.8 Å². The lowest BCUT2D eigenvalue weighted by molar-refractivity contribution is 0.409. The van der Waals surface area contributed by atoms with E-state index in [1.54, 1.807) is 0 Å². The molecule has 0 bridgehead atoms. The Morgan fingerprint density at radius 1 is 1.08 bits per heavy atom. The molecule has 0 spiro atoms. The number of nitrogens with zero attached hydrogens (tertiary/aromatic N) is 6. The van der Waals surface area contributed by atoms with E-state index in [9.17, 15) is 0 Å². The number of piperidine rings is 1. The highest BCUT2D eigenvalue weighted by Gasteiger charge is 2.22. The number of aryl methyl sites for hydroxylation is 1. The Kier molecular flexibility index (Phi) is 4.65. The summed E-state index contributed by atoms with van der Waals surface area (Å²) in [6, 6.07) is 6.16. The first-order valence-corrected chi connectivity index (χ1v) is 9.16. The Morgan fingerprint density at radius 2 is 1.92 bits per heavy atom. The zero-order chi connectivity index (χ0) is 17.9. The normalized spacial score (nSPS) is 17.5. The minimum Gasteiger partial charge on any atom is -0.341 e. The van der Waals surface area contributed by atoms with Crippen molar-refractivity contribution in [3.05, 3.63) is 54.4 Å². The van der Waals surface area contributed by atoms with Crippen LogP contribution < -0.4 is 4.90 Å². The Labute approximate surface area is 154 Å². The lowest BCUT2D eigenvalue weighted by Gasteiger charge is -2.32. The summed E-state index contributed by atoms with van der Waals surface area (Å²) in [5.41, 5.74) is 3.31. The Bertz CT molecular complexity index is 856. The molecule has 134 valence electrons. The molecule has 6 heteroatoms. The summed E-state index contributed by atoms with van der Waals surface area (Å²) in [5, 5.41) is 0. The molecule has 26 heavy (non-hydrogen) atoms. The second-order valence-electron chi connectivity index (χ2n) is 7.01. The molecule has 0 aromatic carbocycles. The van der Waals surface area contributed by atoms with Gasteiger partial charge in [-0.1, -0.05) is 6.07 Å². The van der Waals surface area contributed by atoms with Gasteiger partial charge in [-0.15, -0.1) is 0 Å². The van der Waals surface area contributed by atoms with Crippen LogP contribution in [0.3, 0.4) is 0 Å². The van der Waals surface area contributed by atoms with Crippen LogP contribution in [0.2, 0.25) is 0 Å². The molecule has 0 saturated carbocycles. The van der Waals surface area contributed by atoms with E-state index in [1.807, 2.05) is 44.8 Å². The molecule has 1 unspecified atom stereocenters. The molecule has 1 fully saturated rings. The second kappa shape index (κ2) is 7.23. The SMILES string of the molecule is Cc1ncc(-c2ccc(CC3CCCN(c4ncccn4)C3)cn2)n1C. The quantitative estimate of drug-likeness (QED) is 0.725. The van der Waals surface area contributed by atoms with E-state index < -0.39 is 0 Å². The third-order valence-corrected chi connectivity index (χ3v) is 5.19. The smallest absolute Gasteiger partial charge is 0.225 e. The average Bonchev–Trinajstić information content (AvgIpc) is 3.02. The number of rotatable bonds is 4. The van der Waals surface area contributed by atoms with Gasteiger partial charge < -0.3 is 9.47 Å². The van der Waals surface area contributed by atoms with Gasteiger partial charge >= 0.3 is 0 Å². The molecule has 3 aromatic rings. The molecule has 1 aliphatic rings. The van der Waals surface area contributed by atoms with Crippen molar-refractivity contribution in [1.82, 2.24) is 24.5 Å². The van der Waals surface area contributed by atoms with E-state index in [1.165, 1.54) is 18.4 Å². The lowest BCUT2D eigenvalue weighted by Crippen LogP contribution is -2.37. The highest BCUT2D eigenvalue weighted by atomic mass is 15.2. The highest BCUT2D eigenvalue weighted by Crippen LogP contribution is 2.24. The van der Waals surface area contributed by atoms with Gasteiger partial charge in [-0.2, -0.15) is 0 Å². The lowest BCUT2D eigenvalue weighted by atomic mass is 9.92. The molecule has 4 rings (SSSR count). The summed E-state index contributed by atoms with van der Waals surface area (Å²) >= 11 is 0. The molecule has 6 nitrogen and oxygen atoms in total. The summed E-state index contributed by atoms with van der Waals surface area (Å²) in [6.45, 7) is 4.05. The van der Waals surface area contributed by atoms with Crippen LogP contribution >= 0.6 is 0 Å². The maximum atomic E-state index is 4.67. The highest BCUT2D eigenvalue weighted by molar-refractivity contribution is 5.54. The number of aromatic nitrogens is 5. The zero-order valence-electron chi connectivity index (χ0n) is 15.3. The van der Waals surface area contributed by atoms with Crippen molar-refractivity contribution in [3.8, 4) is 11.4 Å². The zero-order valence-corrected chi connectivity index (χ0v) is 15.3. The van der Waals surface area contributed by atoms with Gasteiger partial charge in [0.2, 0.25) is 5.95 Å². The van der Waals surface area contributed by atoms with Crippen molar-refractivity contribution >= 4 is 5.95 Å². The van der Waals surface area contributed by atoms with Gasteiger partial charge in [-0.3, -0.25) is 4.98 Å². The summed E-state index contributed by atoms with van der Waals surface area (Å²) in [7, 11) is 2.02. The molecule has 1 aliphatic heterocycles. The average molecular weight is 348 g/mol. The standard InChI is InChI=1S/C20H24N6/c1-15-23-13-19(25(15)2)18-7-6-16(12-24-18)11-17-5-3-10-26(14-17)20-21-8-4-9-22-20/h4,6-9,12-13,17H,3,5,10-11,14H2,1-2H3. The van der Waals surface area contributed by atoms with Gasteiger partial charge in [-0.25, -0.2) is 15.0 Å². The fraction of sp³-hybridized carbons (Fsp3) is 0.400. The molecule has 0 aliphatic carbocycles. The molecule has 0 radical (unpaired) electrons. The molecular formula is C20H24N6. The van der Waals surface area contributed by atoms with Crippen LogP contribution in [-0.4, -0.2) is 37.6 Å². The van der Waals surface area contributed by atoms with Gasteiger partial charge in [0.25, 0.3) is 0 Å². The van der Waals surface area contributed by atoms with Crippen molar-refractivity contribution in [2.45, 2.75) is 26.2 Å². The van der Waals surface area contributed by atoms with E-state index in [4.69, 9.17) is 0 Å². The van der Waals surface area contributed by atoms with E-state index in [-0.39, 0.29) is 0 Å². The van der Waals surface area contributed by atoms with Gasteiger partial charge in [0.1, 0.15) is 5.82 Å². The minimum absolute atomic E-state index is 0.610. The first-order valence-electron chi connectivity index (χ1n) is 9.16. The fourth-order valence-corrected chi connectivity index (χ4v) is 3.64. The third-order valence-electron chi connectivity index (χ3n) is 5.19. The summed E-state index contributed by atoms with van der Waals surface area (Å²) in [5.74, 6) is 2.45. The second-order valence-corrected chi connectivity index (χ2v) is 7.01. The van der Waals surface area contributed by atoms with Crippen molar-refractivity contribution in [2.24, 2.45) is 13.0 Å². The van der Waals surface area contributed by atoms with Crippen LogP contribution in [0.25, 0.3) is 11.4 Å². The first-order chi connectivity index (χ1) is 12.7. The topological polar surface area (TPSA) is 59.7 Å². The van der Waals surface area contributed by atoms with E-state index in [0.717, 1.165) is 42.7 Å². The number of pyridine rings is 1. The maximum Gasteiger partial charge on any atom is 0.225 e. The number of anilines is 1. The third kappa shape index (κ3) is 3.45. The largest absolute Gasteiger partial charge is 0.341 e. The van der Waals surface area contributed by atoms with Gasteiger partial charge in [0.15, 0.2) is 0 Å². The van der Waals surface area contributed by atoms with Crippen molar-refractivity contribution in [2.75, 3.05) is 18.0 Å². The Morgan fingerprint density at radius 3 is 2.62 bits per heavy atom. The summed E-state index contributed by atoms with van der Waals surface area (Å²) in [6.07, 6.45) is 11.0. The summed E-state index contributed by atoms with van der Waals surface area (Å²) in [4.78, 5) is 20.1. The van der Waals surface area contributed by atoms with Crippen molar-refractivity contribution in [3.63, 3.8) is 0 Å². The Balaban J connectivity index is 1.43.